The minimum absolute atomic E-state index is 0.118. The molecule has 1 fully saturated rings. The minimum Gasteiger partial charge on any atom is -0.388 e. The van der Waals surface area contributed by atoms with Gasteiger partial charge in [0.2, 0.25) is 0 Å². The van der Waals surface area contributed by atoms with Gasteiger partial charge in [-0.2, -0.15) is 0 Å². The number of aromatic nitrogens is 1. The molecule has 0 radical (unpaired) electrons. The Kier molecular flexibility index (Phi) is 6.15. The molecule has 29 heavy (non-hydrogen) atoms. The minimum atomic E-state index is 0.118. The maximum atomic E-state index is 13.0. The van der Waals surface area contributed by atoms with Crippen molar-refractivity contribution in [2.75, 3.05) is 38.7 Å². The van der Waals surface area contributed by atoms with Crippen LogP contribution in [0.1, 0.15) is 28.8 Å². The number of anilines is 1. The number of hydrogen-bond acceptors (Lipinski definition) is 3. The normalized spacial score (nSPS) is 14.3. The highest BCUT2D eigenvalue weighted by Crippen LogP contribution is 2.24. The van der Waals surface area contributed by atoms with Crippen molar-refractivity contribution in [3.8, 4) is 0 Å². The standard InChI is InChI=1S/C24H29N3O2/c1-25-20-11-9-19(10-12-20)6-4-5-13-27-18-22(21-7-2-3-8-23(21)27)24(28)26-14-16-29-17-15-26/h2-3,7-12,18,25H,4-6,13-17H2,1H3. The highest BCUT2D eigenvalue weighted by molar-refractivity contribution is 6.07. The van der Waals surface area contributed by atoms with Crippen molar-refractivity contribution in [1.82, 2.24) is 9.47 Å². The second-order valence-corrected chi connectivity index (χ2v) is 7.56. The summed E-state index contributed by atoms with van der Waals surface area (Å²) >= 11 is 0. The summed E-state index contributed by atoms with van der Waals surface area (Å²) in [6, 6.07) is 16.9. The summed E-state index contributed by atoms with van der Waals surface area (Å²) < 4.78 is 7.63. The van der Waals surface area contributed by atoms with E-state index in [-0.39, 0.29) is 5.91 Å². The van der Waals surface area contributed by atoms with Crippen molar-refractivity contribution >= 4 is 22.5 Å². The number of fused-ring (bicyclic) bond motifs is 1. The lowest BCUT2D eigenvalue weighted by Gasteiger charge is -2.26. The van der Waals surface area contributed by atoms with Crippen LogP contribution in [0, 0.1) is 0 Å². The number of morpholine rings is 1. The van der Waals surface area contributed by atoms with Crippen LogP contribution in [0.25, 0.3) is 10.9 Å². The van der Waals surface area contributed by atoms with Crippen molar-refractivity contribution < 1.29 is 9.53 Å². The van der Waals surface area contributed by atoms with Crippen LogP contribution in [0.15, 0.2) is 54.7 Å². The van der Waals surface area contributed by atoms with Crippen molar-refractivity contribution in [1.29, 1.82) is 0 Å². The Hall–Kier alpha value is -2.79. The Morgan fingerprint density at radius 2 is 1.79 bits per heavy atom. The highest BCUT2D eigenvalue weighted by atomic mass is 16.5. The van der Waals surface area contributed by atoms with Gasteiger partial charge in [-0.05, 0) is 43.0 Å². The third-order valence-corrected chi connectivity index (χ3v) is 5.67. The highest BCUT2D eigenvalue weighted by Gasteiger charge is 2.22. The Labute approximate surface area is 172 Å². The summed E-state index contributed by atoms with van der Waals surface area (Å²) in [6.07, 6.45) is 5.32. The molecule has 1 saturated heterocycles. The summed E-state index contributed by atoms with van der Waals surface area (Å²) in [5.74, 6) is 0.118. The van der Waals surface area contributed by atoms with E-state index in [1.807, 2.05) is 30.3 Å². The number of carbonyl (C=O) groups is 1. The number of aryl methyl sites for hydroxylation is 2. The fraction of sp³-hybridized carbons (Fsp3) is 0.375. The molecule has 0 atom stereocenters. The molecular formula is C24H29N3O2. The second kappa shape index (κ2) is 9.14. The summed E-state index contributed by atoms with van der Waals surface area (Å²) in [6.45, 7) is 3.51. The van der Waals surface area contributed by atoms with Gasteiger partial charge in [-0.15, -0.1) is 0 Å². The van der Waals surface area contributed by atoms with Gasteiger partial charge >= 0.3 is 0 Å². The fourth-order valence-corrected chi connectivity index (χ4v) is 3.99. The van der Waals surface area contributed by atoms with Crippen molar-refractivity contribution in [2.45, 2.75) is 25.8 Å². The molecule has 2 heterocycles. The Morgan fingerprint density at radius 3 is 2.55 bits per heavy atom. The van der Waals surface area contributed by atoms with Crippen molar-refractivity contribution in [3.63, 3.8) is 0 Å². The molecule has 4 rings (SSSR count). The molecule has 1 N–H and O–H groups in total. The number of ether oxygens (including phenoxy) is 1. The van der Waals surface area contributed by atoms with E-state index in [1.54, 1.807) is 0 Å². The topological polar surface area (TPSA) is 46.5 Å². The van der Waals surface area contributed by atoms with Crippen molar-refractivity contribution in [2.24, 2.45) is 0 Å². The molecule has 0 bridgehead atoms. The van der Waals surface area contributed by atoms with Crippen molar-refractivity contribution in [3.05, 3.63) is 65.9 Å². The van der Waals surface area contributed by atoms with Crippen LogP contribution in [-0.2, 0) is 17.7 Å². The molecule has 5 heteroatoms. The summed E-state index contributed by atoms with van der Waals surface area (Å²) in [5, 5.41) is 4.20. The maximum Gasteiger partial charge on any atom is 0.256 e. The molecule has 0 saturated carbocycles. The summed E-state index contributed by atoms with van der Waals surface area (Å²) in [5.41, 5.74) is 4.46. The van der Waals surface area contributed by atoms with Crippen LogP contribution in [0.5, 0.6) is 0 Å². The lowest BCUT2D eigenvalue weighted by Crippen LogP contribution is -2.40. The number of nitrogens with one attached hydrogen (secondary N) is 1. The molecule has 0 unspecified atom stereocenters. The van der Waals surface area contributed by atoms with Crippen LogP contribution in [-0.4, -0.2) is 48.7 Å². The number of para-hydroxylation sites is 1. The molecule has 1 aliphatic rings. The third kappa shape index (κ3) is 4.46. The van der Waals surface area contributed by atoms with Gasteiger partial charge in [-0.25, -0.2) is 0 Å². The number of unbranched alkanes of at least 4 members (excludes halogenated alkanes) is 1. The zero-order chi connectivity index (χ0) is 20.1. The predicted octanol–water partition coefficient (Wildman–Crippen LogP) is 4.18. The smallest absolute Gasteiger partial charge is 0.256 e. The molecule has 0 spiro atoms. The monoisotopic (exact) mass is 391 g/mol. The maximum absolute atomic E-state index is 13.0. The molecule has 152 valence electrons. The first kappa shape index (κ1) is 19.5. The van der Waals surface area contributed by atoms with E-state index in [9.17, 15) is 4.79 Å². The average molecular weight is 392 g/mol. The van der Waals surface area contributed by atoms with Gasteiger partial charge in [0.25, 0.3) is 5.91 Å². The molecule has 2 aromatic carbocycles. The Morgan fingerprint density at radius 1 is 1.03 bits per heavy atom. The van der Waals surface area contributed by atoms with Crippen LogP contribution >= 0.6 is 0 Å². The molecule has 3 aromatic rings. The summed E-state index contributed by atoms with van der Waals surface area (Å²) in [4.78, 5) is 15.0. The van der Waals surface area contributed by atoms with Gasteiger partial charge in [0.05, 0.1) is 18.8 Å². The van der Waals surface area contributed by atoms with E-state index < -0.39 is 0 Å². The van der Waals surface area contributed by atoms with Gasteiger partial charge in [-0.3, -0.25) is 4.79 Å². The molecule has 5 nitrogen and oxygen atoms in total. The molecular weight excluding hydrogens is 362 g/mol. The SMILES string of the molecule is CNc1ccc(CCCCn2cc(C(=O)N3CCOCC3)c3ccccc32)cc1. The van der Waals surface area contributed by atoms with E-state index >= 15 is 0 Å². The molecule has 1 amide bonds. The number of amides is 1. The van der Waals surface area contributed by atoms with Crippen LogP contribution in [0.3, 0.4) is 0 Å². The zero-order valence-corrected chi connectivity index (χ0v) is 17.1. The average Bonchev–Trinajstić information content (AvgIpc) is 3.16. The molecule has 1 aromatic heterocycles. The lowest BCUT2D eigenvalue weighted by molar-refractivity contribution is 0.0304. The molecule has 0 aliphatic carbocycles. The van der Waals surface area contributed by atoms with Gasteiger partial charge in [-0.1, -0.05) is 30.3 Å². The van der Waals surface area contributed by atoms with E-state index in [0.29, 0.717) is 26.3 Å². The number of benzene rings is 2. The second-order valence-electron chi connectivity index (χ2n) is 7.56. The summed E-state index contributed by atoms with van der Waals surface area (Å²) in [7, 11) is 1.94. The van der Waals surface area contributed by atoms with Gasteiger partial charge in [0, 0.05) is 49.5 Å². The number of hydrogen-bond donors (Lipinski definition) is 1. The number of nitrogens with zero attached hydrogens (tertiary/aromatic N) is 2. The molecule has 1 aliphatic heterocycles. The quantitative estimate of drug-likeness (QED) is 0.615. The van der Waals surface area contributed by atoms with E-state index in [1.165, 1.54) is 5.56 Å². The fourth-order valence-electron chi connectivity index (χ4n) is 3.99. The first-order chi connectivity index (χ1) is 14.3. The third-order valence-electron chi connectivity index (χ3n) is 5.67. The number of carbonyl (C=O) groups excluding carboxylic acids is 1. The van der Waals surface area contributed by atoms with E-state index in [0.717, 1.165) is 48.0 Å². The van der Waals surface area contributed by atoms with Crippen LogP contribution in [0.2, 0.25) is 0 Å². The first-order valence-corrected chi connectivity index (χ1v) is 10.5. The van der Waals surface area contributed by atoms with Gasteiger partial charge in [0.15, 0.2) is 0 Å². The Bertz CT molecular complexity index is 956. The van der Waals surface area contributed by atoms with Crippen LogP contribution < -0.4 is 5.32 Å². The van der Waals surface area contributed by atoms with E-state index in [2.05, 4.69) is 46.3 Å². The predicted molar refractivity (Wildman–Crippen MR) is 118 cm³/mol. The largest absolute Gasteiger partial charge is 0.388 e. The lowest BCUT2D eigenvalue weighted by atomic mass is 10.1. The van der Waals surface area contributed by atoms with Crippen LogP contribution in [0.4, 0.5) is 5.69 Å². The van der Waals surface area contributed by atoms with E-state index in [4.69, 9.17) is 4.74 Å². The van der Waals surface area contributed by atoms with Gasteiger partial charge < -0.3 is 19.5 Å². The zero-order valence-electron chi connectivity index (χ0n) is 17.1. The number of rotatable bonds is 7. The Balaban J connectivity index is 1.42. The first-order valence-electron chi connectivity index (χ1n) is 10.5. The van der Waals surface area contributed by atoms with Gasteiger partial charge in [0.1, 0.15) is 0 Å².